The van der Waals surface area contributed by atoms with E-state index in [0.29, 0.717) is 0 Å². The highest BCUT2D eigenvalue weighted by Crippen LogP contribution is 2.03. The number of ether oxygens (including phenoxy) is 1. The van der Waals surface area contributed by atoms with Crippen LogP contribution in [-0.2, 0) is 4.74 Å². The maximum Gasteiger partial charge on any atom is 0.251 e. The number of aryl methyl sites for hydroxylation is 1. The SMILES string of the molecule is CC.Cc1ccc(C(=O)NCCCN2CCOCC2)cc1. The molecule has 2 rings (SSSR count). The number of carbonyl (C=O) groups is 1. The molecule has 0 unspecified atom stereocenters. The number of amides is 1. The van der Waals surface area contributed by atoms with Gasteiger partial charge in [0, 0.05) is 25.2 Å². The second-order valence-electron chi connectivity index (χ2n) is 4.93. The van der Waals surface area contributed by atoms with Gasteiger partial charge in [0.25, 0.3) is 5.91 Å². The summed E-state index contributed by atoms with van der Waals surface area (Å²) in [6.07, 6.45) is 0.984. The molecule has 1 heterocycles. The third kappa shape index (κ3) is 6.74. The van der Waals surface area contributed by atoms with Gasteiger partial charge in [0.15, 0.2) is 0 Å². The molecule has 0 bridgehead atoms. The van der Waals surface area contributed by atoms with Gasteiger partial charge >= 0.3 is 0 Å². The van der Waals surface area contributed by atoms with E-state index < -0.39 is 0 Å². The average molecular weight is 292 g/mol. The fourth-order valence-electron chi connectivity index (χ4n) is 2.14. The van der Waals surface area contributed by atoms with E-state index in [0.717, 1.165) is 51.4 Å². The molecule has 118 valence electrons. The zero-order valence-corrected chi connectivity index (χ0v) is 13.5. The van der Waals surface area contributed by atoms with Gasteiger partial charge in [0.05, 0.1) is 13.2 Å². The number of hydrogen-bond donors (Lipinski definition) is 1. The average Bonchev–Trinajstić information content (AvgIpc) is 2.55. The Bertz CT molecular complexity index is 398. The van der Waals surface area contributed by atoms with Crippen molar-refractivity contribution in [2.45, 2.75) is 27.2 Å². The van der Waals surface area contributed by atoms with Crippen molar-refractivity contribution in [3.63, 3.8) is 0 Å². The molecular formula is C17H28N2O2. The Labute approximate surface area is 128 Å². The van der Waals surface area contributed by atoms with Gasteiger partial charge in [-0.15, -0.1) is 0 Å². The zero-order chi connectivity index (χ0) is 15.5. The summed E-state index contributed by atoms with van der Waals surface area (Å²) in [5, 5.41) is 2.96. The highest BCUT2D eigenvalue weighted by molar-refractivity contribution is 5.94. The number of nitrogens with one attached hydrogen (secondary N) is 1. The molecule has 0 spiro atoms. The van der Waals surface area contributed by atoms with Gasteiger partial charge < -0.3 is 10.1 Å². The van der Waals surface area contributed by atoms with Crippen LogP contribution >= 0.6 is 0 Å². The van der Waals surface area contributed by atoms with E-state index in [2.05, 4.69) is 10.2 Å². The summed E-state index contributed by atoms with van der Waals surface area (Å²) < 4.78 is 5.30. The minimum atomic E-state index is 0.0157. The number of benzene rings is 1. The molecule has 1 amide bonds. The Kier molecular flexibility index (Phi) is 8.71. The topological polar surface area (TPSA) is 41.6 Å². The molecule has 21 heavy (non-hydrogen) atoms. The Hall–Kier alpha value is -1.39. The van der Waals surface area contributed by atoms with Gasteiger partial charge in [0.2, 0.25) is 0 Å². The molecular weight excluding hydrogens is 264 g/mol. The summed E-state index contributed by atoms with van der Waals surface area (Å²) >= 11 is 0. The molecule has 0 atom stereocenters. The lowest BCUT2D eigenvalue weighted by Crippen LogP contribution is -2.38. The highest BCUT2D eigenvalue weighted by Gasteiger charge is 2.09. The predicted molar refractivity (Wildman–Crippen MR) is 86.7 cm³/mol. The van der Waals surface area contributed by atoms with Crippen molar-refractivity contribution in [2.75, 3.05) is 39.4 Å². The van der Waals surface area contributed by atoms with Crippen LogP contribution in [-0.4, -0.2) is 50.2 Å². The highest BCUT2D eigenvalue weighted by atomic mass is 16.5. The summed E-state index contributed by atoms with van der Waals surface area (Å²) in [7, 11) is 0. The van der Waals surface area contributed by atoms with E-state index >= 15 is 0 Å². The monoisotopic (exact) mass is 292 g/mol. The zero-order valence-electron chi connectivity index (χ0n) is 13.5. The fraction of sp³-hybridized carbons (Fsp3) is 0.588. The molecule has 1 fully saturated rings. The Morgan fingerprint density at radius 2 is 1.81 bits per heavy atom. The van der Waals surface area contributed by atoms with E-state index in [4.69, 9.17) is 4.74 Å². The molecule has 4 nitrogen and oxygen atoms in total. The summed E-state index contributed by atoms with van der Waals surface area (Å²) in [6, 6.07) is 7.66. The minimum absolute atomic E-state index is 0.0157. The van der Waals surface area contributed by atoms with E-state index in [1.807, 2.05) is 45.0 Å². The van der Waals surface area contributed by atoms with Crippen LogP contribution in [0.15, 0.2) is 24.3 Å². The smallest absolute Gasteiger partial charge is 0.251 e. The van der Waals surface area contributed by atoms with Gasteiger partial charge in [0.1, 0.15) is 0 Å². The van der Waals surface area contributed by atoms with Crippen LogP contribution in [0.5, 0.6) is 0 Å². The van der Waals surface area contributed by atoms with E-state index in [1.165, 1.54) is 5.56 Å². The summed E-state index contributed by atoms with van der Waals surface area (Å²) in [5.74, 6) is 0.0157. The maximum atomic E-state index is 11.9. The fourth-order valence-corrected chi connectivity index (χ4v) is 2.14. The molecule has 1 aliphatic heterocycles. The van der Waals surface area contributed by atoms with Crippen LogP contribution in [0, 0.1) is 6.92 Å². The third-order valence-electron chi connectivity index (χ3n) is 3.35. The van der Waals surface area contributed by atoms with Crippen molar-refractivity contribution in [3.05, 3.63) is 35.4 Å². The maximum absolute atomic E-state index is 11.9. The molecule has 0 saturated carbocycles. The lowest BCUT2D eigenvalue weighted by Gasteiger charge is -2.26. The lowest BCUT2D eigenvalue weighted by atomic mass is 10.1. The molecule has 1 saturated heterocycles. The van der Waals surface area contributed by atoms with Crippen LogP contribution in [0.25, 0.3) is 0 Å². The lowest BCUT2D eigenvalue weighted by molar-refractivity contribution is 0.0374. The second-order valence-corrected chi connectivity index (χ2v) is 4.93. The molecule has 4 heteroatoms. The summed E-state index contributed by atoms with van der Waals surface area (Å²) in [6.45, 7) is 11.4. The van der Waals surface area contributed by atoms with Gasteiger partial charge in [-0.05, 0) is 32.0 Å². The van der Waals surface area contributed by atoms with Crippen molar-refractivity contribution in [2.24, 2.45) is 0 Å². The van der Waals surface area contributed by atoms with Crippen LogP contribution in [0.1, 0.15) is 36.2 Å². The minimum Gasteiger partial charge on any atom is -0.379 e. The summed E-state index contributed by atoms with van der Waals surface area (Å²) in [4.78, 5) is 14.2. The molecule has 1 aromatic carbocycles. The first-order chi connectivity index (χ1) is 10.3. The molecule has 1 N–H and O–H groups in total. The standard InChI is InChI=1S/C15H22N2O2.C2H6/c1-13-3-5-14(6-4-13)15(18)16-7-2-8-17-9-11-19-12-10-17;1-2/h3-6H,2,7-12H2,1H3,(H,16,18);1-2H3. The van der Waals surface area contributed by atoms with Crippen molar-refractivity contribution < 1.29 is 9.53 Å². The summed E-state index contributed by atoms with van der Waals surface area (Å²) in [5.41, 5.74) is 1.90. The van der Waals surface area contributed by atoms with E-state index in [-0.39, 0.29) is 5.91 Å². The Morgan fingerprint density at radius 3 is 2.43 bits per heavy atom. The number of carbonyl (C=O) groups excluding carboxylic acids is 1. The van der Waals surface area contributed by atoms with Crippen molar-refractivity contribution >= 4 is 5.91 Å². The van der Waals surface area contributed by atoms with Crippen LogP contribution in [0.4, 0.5) is 0 Å². The first-order valence-electron chi connectivity index (χ1n) is 7.91. The predicted octanol–water partition coefficient (Wildman–Crippen LogP) is 2.47. The number of rotatable bonds is 5. The number of morpholine rings is 1. The number of nitrogens with zero attached hydrogens (tertiary/aromatic N) is 1. The normalized spacial score (nSPS) is 15.0. The van der Waals surface area contributed by atoms with Crippen molar-refractivity contribution in [1.29, 1.82) is 0 Å². The Balaban J connectivity index is 0.00000106. The first kappa shape index (κ1) is 17.7. The second kappa shape index (κ2) is 10.4. The number of hydrogen-bond acceptors (Lipinski definition) is 3. The van der Waals surface area contributed by atoms with Crippen molar-refractivity contribution in [1.82, 2.24) is 10.2 Å². The molecule has 0 aliphatic carbocycles. The van der Waals surface area contributed by atoms with Gasteiger partial charge in [-0.2, -0.15) is 0 Å². The molecule has 1 aromatic rings. The van der Waals surface area contributed by atoms with Crippen LogP contribution in [0.3, 0.4) is 0 Å². The Morgan fingerprint density at radius 1 is 1.19 bits per heavy atom. The van der Waals surface area contributed by atoms with Crippen LogP contribution < -0.4 is 5.32 Å². The van der Waals surface area contributed by atoms with Crippen molar-refractivity contribution in [3.8, 4) is 0 Å². The first-order valence-corrected chi connectivity index (χ1v) is 7.91. The van der Waals surface area contributed by atoms with E-state index in [9.17, 15) is 4.79 Å². The quantitative estimate of drug-likeness (QED) is 0.848. The molecule has 1 aliphatic rings. The molecule has 0 aromatic heterocycles. The van der Waals surface area contributed by atoms with E-state index in [1.54, 1.807) is 0 Å². The van der Waals surface area contributed by atoms with Gasteiger partial charge in [-0.25, -0.2) is 0 Å². The molecule has 0 radical (unpaired) electrons. The van der Waals surface area contributed by atoms with Crippen LogP contribution in [0.2, 0.25) is 0 Å². The van der Waals surface area contributed by atoms with Gasteiger partial charge in [-0.3, -0.25) is 9.69 Å². The third-order valence-corrected chi connectivity index (χ3v) is 3.35. The van der Waals surface area contributed by atoms with Gasteiger partial charge in [-0.1, -0.05) is 31.5 Å². The largest absolute Gasteiger partial charge is 0.379 e.